The average molecular weight is 243 g/mol. The minimum absolute atomic E-state index is 0.234. The molecule has 3 rings (SSSR count). The highest BCUT2D eigenvalue weighted by Crippen LogP contribution is 2.47. The van der Waals surface area contributed by atoms with Crippen LogP contribution >= 0.6 is 0 Å². The standard InChI is InChI=1S/C12H12F3NO/c13-12(14,15)11-8-4-1-2-5-9(8)16-7-3-6-10(16)17-11/h1-2,4-5,10-11H,3,6-7H2. The van der Waals surface area contributed by atoms with Crippen molar-refractivity contribution in [2.24, 2.45) is 0 Å². The van der Waals surface area contributed by atoms with Gasteiger partial charge in [-0.1, -0.05) is 18.2 Å². The highest BCUT2D eigenvalue weighted by molar-refractivity contribution is 5.57. The molecule has 0 saturated carbocycles. The molecule has 0 aliphatic carbocycles. The monoisotopic (exact) mass is 243 g/mol. The third-order valence-electron chi connectivity index (χ3n) is 3.32. The minimum Gasteiger partial charge on any atom is -0.346 e. The van der Waals surface area contributed by atoms with Gasteiger partial charge in [0.1, 0.15) is 6.23 Å². The Morgan fingerprint density at radius 1 is 1.24 bits per heavy atom. The summed E-state index contributed by atoms with van der Waals surface area (Å²) in [6.45, 7) is 0.770. The summed E-state index contributed by atoms with van der Waals surface area (Å²) < 4.78 is 44.0. The number of hydrogen-bond donors (Lipinski definition) is 0. The van der Waals surface area contributed by atoms with Crippen molar-refractivity contribution in [2.75, 3.05) is 11.4 Å². The number of benzene rings is 1. The molecule has 17 heavy (non-hydrogen) atoms. The van der Waals surface area contributed by atoms with E-state index in [9.17, 15) is 13.2 Å². The molecule has 1 aromatic rings. The normalized spacial score (nSPS) is 27.8. The van der Waals surface area contributed by atoms with Crippen LogP contribution in [0.4, 0.5) is 18.9 Å². The molecule has 2 unspecified atom stereocenters. The topological polar surface area (TPSA) is 12.5 Å². The molecule has 0 radical (unpaired) electrons. The van der Waals surface area contributed by atoms with Crippen molar-refractivity contribution < 1.29 is 17.9 Å². The van der Waals surface area contributed by atoms with Gasteiger partial charge in [0, 0.05) is 17.8 Å². The lowest BCUT2D eigenvalue weighted by molar-refractivity contribution is -0.238. The third-order valence-corrected chi connectivity index (χ3v) is 3.32. The number of hydrogen-bond acceptors (Lipinski definition) is 2. The second-order valence-corrected chi connectivity index (χ2v) is 4.41. The lowest BCUT2D eigenvalue weighted by Gasteiger charge is -2.38. The fraction of sp³-hybridized carbons (Fsp3) is 0.500. The molecular weight excluding hydrogens is 231 g/mol. The SMILES string of the molecule is FC(F)(F)C1OC2CCCN2c2ccccc21. The molecule has 0 aromatic heterocycles. The predicted molar refractivity (Wildman–Crippen MR) is 56.7 cm³/mol. The van der Waals surface area contributed by atoms with Crippen molar-refractivity contribution in [3.63, 3.8) is 0 Å². The lowest BCUT2D eigenvalue weighted by atomic mass is 10.0. The van der Waals surface area contributed by atoms with Crippen molar-refractivity contribution in [1.29, 1.82) is 0 Å². The Kier molecular flexibility index (Phi) is 2.33. The fourth-order valence-electron chi connectivity index (χ4n) is 2.61. The van der Waals surface area contributed by atoms with Gasteiger partial charge in [0.2, 0.25) is 0 Å². The van der Waals surface area contributed by atoms with Crippen molar-refractivity contribution in [3.05, 3.63) is 29.8 Å². The van der Waals surface area contributed by atoms with E-state index in [4.69, 9.17) is 4.74 Å². The van der Waals surface area contributed by atoms with Crippen LogP contribution < -0.4 is 4.90 Å². The van der Waals surface area contributed by atoms with Gasteiger partial charge in [0.05, 0.1) is 0 Å². The van der Waals surface area contributed by atoms with E-state index in [0.717, 1.165) is 13.0 Å². The summed E-state index contributed by atoms with van der Waals surface area (Å²) in [5.74, 6) is 0. The van der Waals surface area contributed by atoms with Crippen LogP contribution in [-0.4, -0.2) is 18.9 Å². The number of anilines is 1. The van der Waals surface area contributed by atoms with E-state index in [1.54, 1.807) is 18.2 Å². The van der Waals surface area contributed by atoms with E-state index in [-0.39, 0.29) is 5.56 Å². The largest absolute Gasteiger partial charge is 0.419 e. The second kappa shape index (κ2) is 3.63. The van der Waals surface area contributed by atoms with E-state index in [1.807, 2.05) is 4.90 Å². The van der Waals surface area contributed by atoms with Crippen molar-refractivity contribution in [1.82, 2.24) is 0 Å². The van der Waals surface area contributed by atoms with Crippen LogP contribution in [0.2, 0.25) is 0 Å². The first-order chi connectivity index (χ1) is 8.07. The fourth-order valence-corrected chi connectivity index (χ4v) is 2.61. The van der Waals surface area contributed by atoms with Crippen LogP contribution in [-0.2, 0) is 4.74 Å². The molecule has 2 nitrogen and oxygen atoms in total. The van der Waals surface area contributed by atoms with Crippen LogP contribution in [0.25, 0.3) is 0 Å². The van der Waals surface area contributed by atoms with Gasteiger partial charge in [0.25, 0.3) is 0 Å². The summed E-state index contributed by atoms with van der Waals surface area (Å²) in [6, 6.07) is 6.64. The van der Waals surface area contributed by atoms with Gasteiger partial charge in [-0.15, -0.1) is 0 Å². The molecule has 1 fully saturated rings. The Hall–Kier alpha value is -1.23. The molecule has 0 N–H and O–H groups in total. The summed E-state index contributed by atoms with van der Waals surface area (Å²) in [7, 11) is 0. The van der Waals surface area contributed by atoms with E-state index in [2.05, 4.69) is 0 Å². The molecule has 0 bridgehead atoms. The van der Waals surface area contributed by atoms with Gasteiger partial charge in [-0.25, -0.2) is 0 Å². The third kappa shape index (κ3) is 1.69. The smallest absolute Gasteiger partial charge is 0.346 e. The first kappa shape index (κ1) is 10.9. The quantitative estimate of drug-likeness (QED) is 0.693. The lowest BCUT2D eigenvalue weighted by Crippen LogP contribution is -2.41. The van der Waals surface area contributed by atoms with Crippen molar-refractivity contribution in [2.45, 2.75) is 31.3 Å². The number of nitrogens with zero attached hydrogens (tertiary/aromatic N) is 1. The van der Waals surface area contributed by atoms with Crippen LogP contribution in [0.1, 0.15) is 24.5 Å². The number of alkyl halides is 3. The summed E-state index contributed by atoms with van der Waals surface area (Å²) in [5, 5.41) is 0. The maximum atomic E-state index is 12.9. The van der Waals surface area contributed by atoms with Crippen molar-refractivity contribution >= 4 is 5.69 Å². The molecule has 2 aliphatic heterocycles. The molecule has 2 heterocycles. The maximum Gasteiger partial charge on any atom is 0.419 e. The molecule has 5 heteroatoms. The van der Waals surface area contributed by atoms with Gasteiger partial charge >= 0.3 is 6.18 Å². The highest BCUT2D eigenvalue weighted by Gasteiger charge is 2.49. The van der Waals surface area contributed by atoms with E-state index < -0.39 is 18.5 Å². The van der Waals surface area contributed by atoms with Crippen molar-refractivity contribution in [3.8, 4) is 0 Å². The summed E-state index contributed by atoms with van der Waals surface area (Å²) >= 11 is 0. The van der Waals surface area contributed by atoms with Gasteiger partial charge in [-0.3, -0.25) is 0 Å². The van der Waals surface area contributed by atoms with Gasteiger partial charge in [-0.2, -0.15) is 13.2 Å². The molecule has 2 aliphatic rings. The Balaban J connectivity index is 2.08. The minimum atomic E-state index is -4.34. The molecule has 2 atom stereocenters. The zero-order valence-corrected chi connectivity index (χ0v) is 9.07. The number of halogens is 3. The Morgan fingerprint density at radius 3 is 2.76 bits per heavy atom. The Morgan fingerprint density at radius 2 is 2.00 bits per heavy atom. The summed E-state index contributed by atoms with van der Waals surface area (Å²) in [6.07, 6.45) is -5.00. The summed E-state index contributed by atoms with van der Waals surface area (Å²) in [4.78, 5) is 1.93. The Labute approximate surface area is 97.0 Å². The van der Waals surface area contributed by atoms with Crippen LogP contribution in [0.3, 0.4) is 0 Å². The molecule has 1 saturated heterocycles. The molecule has 0 amide bonds. The van der Waals surface area contributed by atoms with Crippen LogP contribution in [0.15, 0.2) is 24.3 Å². The predicted octanol–water partition coefficient (Wildman–Crippen LogP) is 3.25. The maximum absolute atomic E-state index is 12.9. The van der Waals surface area contributed by atoms with Gasteiger partial charge in [0.15, 0.2) is 6.10 Å². The molecule has 0 spiro atoms. The highest BCUT2D eigenvalue weighted by atomic mass is 19.4. The second-order valence-electron chi connectivity index (χ2n) is 4.41. The van der Waals surface area contributed by atoms with E-state index in [1.165, 1.54) is 6.07 Å². The zero-order valence-electron chi connectivity index (χ0n) is 9.07. The summed E-state index contributed by atoms with van der Waals surface area (Å²) in [5.41, 5.74) is 0.904. The van der Waals surface area contributed by atoms with E-state index in [0.29, 0.717) is 12.1 Å². The molecular formula is C12H12F3NO. The number of rotatable bonds is 0. The van der Waals surface area contributed by atoms with Crippen LogP contribution in [0, 0.1) is 0 Å². The van der Waals surface area contributed by atoms with Gasteiger partial charge < -0.3 is 9.64 Å². The number of fused-ring (bicyclic) bond motifs is 3. The Bertz CT molecular complexity index is 432. The zero-order chi connectivity index (χ0) is 12.0. The first-order valence-electron chi connectivity index (χ1n) is 5.65. The first-order valence-corrected chi connectivity index (χ1v) is 5.65. The molecule has 1 aromatic carbocycles. The average Bonchev–Trinajstić information content (AvgIpc) is 2.74. The van der Waals surface area contributed by atoms with E-state index >= 15 is 0 Å². The number of para-hydroxylation sites is 1. The molecule has 92 valence electrons. The van der Waals surface area contributed by atoms with Gasteiger partial charge in [-0.05, 0) is 18.9 Å². The van der Waals surface area contributed by atoms with Crippen LogP contribution in [0.5, 0.6) is 0 Å². The number of ether oxygens (including phenoxy) is 1.